The summed E-state index contributed by atoms with van der Waals surface area (Å²) in [5.74, 6) is 7.12. The van der Waals surface area contributed by atoms with Crippen LogP contribution >= 0.6 is 47.8 Å². The molecule has 0 amide bonds. The van der Waals surface area contributed by atoms with Gasteiger partial charge in [0.25, 0.3) is 0 Å². The molecule has 7 unspecified atom stereocenters. The average Bonchev–Trinajstić information content (AvgIpc) is 2.80. The second-order valence-corrected chi connectivity index (χ2v) is 9.84. The molecule has 82 valence electrons. The first-order valence-electron chi connectivity index (χ1n) is 6.12. The van der Waals surface area contributed by atoms with Crippen LogP contribution in [0.15, 0.2) is 0 Å². The van der Waals surface area contributed by atoms with Gasteiger partial charge < -0.3 is 0 Å². The second kappa shape index (κ2) is 2.42. The van der Waals surface area contributed by atoms with Crippen molar-refractivity contribution in [3.8, 4) is 0 Å². The van der Waals surface area contributed by atoms with Gasteiger partial charge in [0, 0.05) is 14.0 Å². The summed E-state index contributed by atoms with van der Waals surface area (Å²) in [5.41, 5.74) is 0. The van der Waals surface area contributed by atoms with Crippen molar-refractivity contribution < 1.29 is 0 Å². The van der Waals surface area contributed by atoms with E-state index in [2.05, 4.69) is 47.8 Å². The SMILES string of the molecule is Br[C@H]1C2C3C4CC2[C@@H](Br)[C@]2(Br)C4CC3C12. The van der Waals surface area contributed by atoms with Gasteiger partial charge >= 0.3 is 0 Å². The van der Waals surface area contributed by atoms with Crippen LogP contribution in [0.5, 0.6) is 0 Å². The van der Waals surface area contributed by atoms with E-state index in [4.69, 9.17) is 0 Å². The fourth-order valence-corrected chi connectivity index (χ4v) is 11.2. The van der Waals surface area contributed by atoms with Gasteiger partial charge in [0.15, 0.2) is 0 Å². The molecule has 6 saturated carbocycles. The number of hydrogen-bond donors (Lipinski definition) is 0. The van der Waals surface area contributed by atoms with E-state index in [0.29, 0.717) is 4.32 Å². The molecule has 3 heteroatoms. The van der Waals surface area contributed by atoms with Gasteiger partial charge in [-0.25, -0.2) is 0 Å². The lowest BCUT2D eigenvalue weighted by Crippen LogP contribution is -2.57. The fraction of sp³-hybridized carbons (Fsp3) is 1.00. The van der Waals surface area contributed by atoms with Gasteiger partial charge in [-0.2, -0.15) is 0 Å². The Morgan fingerprint density at radius 3 is 2.53 bits per heavy atom. The highest BCUT2D eigenvalue weighted by molar-refractivity contribution is 9.12. The van der Waals surface area contributed by atoms with E-state index >= 15 is 0 Å². The Kier molecular flexibility index (Phi) is 1.52. The maximum Gasteiger partial charge on any atom is 0.0458 e. The molecule has 0 N–H and O–H groups in total. The number of rotatable bonds is 0. The van der Waals surface area contributed by atoms with Crippen molar-refractivity contribution >= 4 is 47.8 Å². The summed E-state index contributed by atoms with van der Waals surface area (Å²) in [6.45, 7) is 0. The van der Waals surface area contributed by atoms with Crippen molar-refractivity contribution in [3.63, 3.8) is 0 Å². The van der Waals surface area contributed by atoms with Gasteiger partial charge in [0.1, 0.15) is 0 Å². The quantitative estimate of drug-likeness (QED) is 0.546. The van der Waals surface area contributed by atoms with Crippen LogP contribution in [0.1, 0.15) is 12.8 Å². The van der Waals surface area contributed by atoms with Crippen LogP contribution in [0, 0.1) is 41.4 Å². The third-order valence-corrected chi connectivity index (χ3v) is 11.4. The van der Waals surface area contributed by atoms with Crippen LogP contribution in [0.3, 0.4) is 0 Å². The van der Waals surface area contributed by atoms with E-state index in [-0.39, 0.29) is 0 Å². The van der Waals surface area contributed by atoms with Crippen LogP contribution in [0.25, 0.3) is 0 Å². The minimum atomic E-state index is 0.461. The van der Waals surface area contributed by atoms with E-state index in [1.54, 1.807) is 0 Å². The lowest BCUT2D eigenvalue weighted by atomic mass is 9.64. The third kappa shape index (κ3) is 0.693. The Morgan fingerprint density at radius 1 is 0.933 bits per heavy atom. The summed E-state index contributed by atoms with van der Waals surface area (Å²) in [6, 6.07) is 0. The Hall–Kier alpha value is 1.44. The van der Waals surface area contributed by atoms with Crippen LogP contribution in [-0.4, -0.2) is 14.0 Å². The fourth-order valence-electron chi connectivity index (χ4n) is 6.53. The number of halogens is 3. The molecule has 0 radical (unpaired) electrons. The first kappa shape index (κ1) is 9.38. The van der Waals surface area contributed by atoms with Gasteiger partial charge in [-0.15, -0.1) is 0 Å². The monoisotopic (exact) mass is 394 g/mol. The lowest BCUT2D eigenvalue weighted by molar-refractivity contribution is 0.138. The van der Waals surface area contributed by atoms with Gasteiger partial charge in [-0.05, 0) is 54.3 Å². The zero-order chi connectivity index (χ0) is 10.1. The topological polar surface area (TPSA) is 0 Å². The lowest BCUT2D eigenvalue weighted by Gasteiger charge is -2.53. The van der Waals surface area contributed by atoms with Crippen molar-refractivity contribution in [3.05, 3.63) is 0 Å². The summed E-state index contributed by atoms with van der Waals surface area (Å²) in [7, 11) is 0. The molecule has 0 aliphatic heterocycles. The molecule has 0 nitrogen and oxygen atoms in total. The predicted octanol–water partition coefficient (Wildman–Crippen LogP) is 3.81. The summed E-state index contributed by atoms with van der Waals surface area (Å²) in [6.07, 6.45) is 3.05. The first-order valence-corrected chi connectivity index (χ1v) is 8.75. The molecule has 7 bridgehead atoms. The molecule has 6 fully saturated rings. The highest BCUT2D eigenvalue weighted by Crippen LogP contribution is 2.83. The van der Waals surface area contributed by atoms with Crippen molar-refractivity contribution in [1.82, 2.24) is 0 Å². The number of hydrogen-bond acceptors (Lipinski definition) is 0. The molecule has 0 heterocycles. The molecule has 0 aromatic carbocycles. The summed E-state index contributed by atoms with van der Waals surface area (Å²) in [5, 5.41) is 0. The van der Waals surface area contributed by atoms with E-state index < -0.39 is 0 Å². The Bertz CT molecular complexity index is 370. The molecule has 10 atom stereocenters. The highest BCUT2D eigenvalue weighted by atomic mass is 79.9. The van der Waals surface area contributed by atoms with Gasteiger partial charge in [0.2, 0.25) is 0 Å². The maximum atomic E-state index is 4.19. The number of alkyl halides is 3. The Balaban J connectivity index is 1.85. The smallest absolute Gasteiger partial charge is 0.0458 e. The molecule has 0 saturated heterocycles. The maximum absolute atomic E-state index is 4.19. The molecule has 15 heavy (non-hydrogen) atoms. The Labute approximate surface area is 115 Å². The normalized spacial score (nSPS) is 81.4. The molecule has 0 aromatic rings. The van der Waals surface area contributed by atoms with Crippen molar-refractivity contribution in [2.75, 3.05) is 0 Å². The third-order valence-electron chi connectivity index (χ3n) is 6.56. The zero-order valence-electron chi connectivity index (χ0n) is 8.24. The van der Waals surface area contributed by atoms with E-state index in [1.165, 1.54) is 12.8 Å². The minimum Gasteiger partial charge on any atom is -0.0884 e. The van der Waals surface area contributed by atoms with E-state index in [9.17, 15) is 0 Å². The molecular weight excluding hydrogens is 384 g/mol. The molecular formula is C12H13Br3. The molecule has 6 aliphatic rings. The van der Waals surface area contributed by atoms with Crippen LogP contribution in [0.2, 0.25) is 0 Å². The summed E-state index contributed by atoms with van der Waals surface area (Å²) < 4.78 is 0.461. The predicted molar refractivity (Wildman–Crippen MR) is 70.8 cm³/mol. The van der Waals surface area contributed by atoms with E-state index in [1.807, 2.05) is 0 Å². The van der Waals surface area contributed by atoms with Crippen LogP contribution in [0.4, 0.5) is 0 Å². The highest BCUT2D eigenvalue weighted by Gasteiger charge is 2.82. The molecule has 0 aromatic heterocycles. The van der Waals surface area contributed by atoms with Crippen LogP contribution in [-0.2, 0) is 0 Å². The van der Waals surface area contributed by atoms with Crippen molar-refractivity contribution in [2.24, 2.45) is 41.4 Å². The van der Waals surface area contributed by atoms with Gasteiger partial charge in [-0.1, -0.05) is 47.8 Å². The van der Waals surface area contributed by atoms with E-state index in [0.717, 1.165) is 51.1 Å². The van der Waals surface area contributed by atoms with Gasteiger partial charge in [0.05, 0.1) is 0 Å². The first-order chi connectivity index (χ1) is 7.15. The standard InChI is InChI=1S/C12H13Br3/c13-10-8-5-1-3-6-2-4(7(3)8)9(10)12(6,15)11(5)14/h3-11H,1-2H2/t3?,4?,5?,6?,7?,8?,9?,10-,11+,12-/m0/s1. The van der Waals surface area contributed by atoms with Crippen molar-refractivity contribution in [2.45, 2.75) is 26.8 Å². The Morgan fingerprint density at radius 2 is 1.73 bits per heavy atom. The minimum absolute atomic E-state index is 0.461. The molecule has 0 spiro atoms. The summed E-state index contributed by atoms with van der Waals surface area (Å²) in [4.78, 5) is 1.58. The zero-order valence-corrected chi connectivity index (χ0v) is 13.0. The van der Waals surface area contributed by atoms with Crippen molar-refractivity contribution in [1.29, 1.82) is 0 Å². The molecule has 6 rings (SSSR count). The largest absolute Gasteiger partial charge is 0.0884 e. The average molecular weight is 397 g/mol. The summed E-state index contributed by atoms with van der Waals surface area (Å²) >= 11 is 12.3. The van der Waals surface area contributed by atoms with Crippen LogP contribution < -0.4 is 0 Å². The second-order valence-electron chi connectivity index (χ2n) is 6.42. The molecule has 6 aliphatic carbocycles. The van der Waals surface area contributed by atoms with Gasteiger partial charge in [-0.3, -0.25) is 0 Å².